The van der Waals surface area contributed by atoms with Crippen LogP contribution in [-0.4, -0.2) is 28.3 Å². The van der Waals surface area contributed by atoms with Crippen LogP contribution in [0, 0.1) is 6.92 Å². The number of fused-ring (bicyclic) bond motifs is 1. The SMILES string of the molecule is COc1ccccc1-n1c(SCC(=O)Nc2cc(Cl)ccc2C)nc2ccsc2c1=O. The first-order valence-corrected chi connectivity index (χ1v) is 11.5. The van der Waals surface area contributed by atoms with E-state index in [0.29, 0.717) is 37.5 Å². The van der Waals surface area contributed by atoms with Crippen molar-refractivity contribution in [2.24, 2.45) is 0 Å². The fourth-order valence-corrected chi connectivity index (χ4v) is 4.80. The molecule has 2 aromatic heterocycles. The molecular weight excluding hydrogens is 454 g/mol. The number of hydrogen-bond donors (Lipinski definition) is 1. The largest absolute Gasteiger partial charge is 0.495 e. The molecule has 0 radical (unpaired) electrons. The summed E-state index contributed by atoms with van der Waals surface area (Å²) in [6.07, 6.45) is 0. The van der Waals surface area contributed by atoms with Gasteiger partial charge in [-0.1, -0.05) is 41.6 Å². The number of benzene rings is 2. The fraction of sp³-hybridized carbons (Fsp3) is 0.136. The Hall–Kier alpha value is -2.81. The Morgan fingerprint density at radius 2 is 2.06 bits per heavy atom. The maximum absolute atomic E-state index is 13.2. The molecular formula is C22H18ClN3O3S2. The molecule has 6 nitrogen and oxygen atoms in total. The summed E-state index contributed by atoms with van der Waals surface area (Å²) in [5.41, 5.74) is 2.55. The lowest BCUT2D eigenvalue weighted by Gasteiger charge is -2.15. The first-order chi connectivity index (χ1) is 15.0. The van der Waals surface area contributed by atoms with Crippen LogP contribution in [-0.2, 0) is 4.79 Å². The van der Waals surface area contributed by atoms with Gasteiger partial charge in [-0.25, -0.2) is 4.98 Å². The van der Waals surface area contributed by atoms with Gasteiger partial charge < -0.3 is 10.1 Å². The van der Waals surface area contributed by atoms with Crippen molar-refractivity contribution in [2.75, 3.05) is 18.2 Å². The first kappa shape index (κ1) is 21.4. The molecule has 0 aliphatic rings. The van der Waals surface area contributed by atoms with E-state index in [1.165, 1.54) is 27.7 Å². The lowest BCUT2D eigenvalue weighted by molar-refractivity contribution is -0.113. The van der Waals surface area contributed by atoms with Crippen molar-refractivity contribution in [1.29, 1.82) is 0 Å². The van der Waals surface area contributed by atoms with Crippen LogP contribution in [0.2, 0.25) is 5.02 Å². The Labute approximate surface area is 191 Å². The number of thioether (sulfide) groups is 1. The van der Waals surface area contributed by atoms with Crippen molar-refractivity contribution in [2.45, 2.75) is 12.1 Å². The second-order valence-electron chi connectivity index (χ2n) is 6.64. The highest BCUT2D eigenvalue weighted by Crippen LogP contribution is 2.28. The molecule has 0 atom stereocenters. The number of carbonyl (C=O) groups is 1. The third-order valence-corrected chi connectivity index (χ3v) is 6.65. The van der Waals surface area contributed by atoms with E-state index in [1.807, 2.05) is 30.5 Å². The monoisotopic (exact) mass is 471 g/mol. The zero-order valence-corrected chi connectivity index (χ0v) is 19.1. The van der Waals surface area contributed by atoms with Crippen LogP contribution < -0.4 is 15.6 Å². The highest BCUT2D eigenvalue weighted by atomic mass is 35.5. The molecule has 1 amide bonds. The van der Waals surface area contributed by atoms with Crippen molar-refractivity contribution >= 4 is 56.5 Å². The quantitative estimate of drug-likeness (QED) is 0.311. The minimum Gasteiger partial charge on any atom is -0.495 e. The van der Waals surface area contributed by atoms with Crippen molar-refractivity contribution < 1.29 is 9.53 Å². The molecule has 0 saturated heterocycles. The Morgan fingerprint density at radius 3 is 2.87 bits per heavy atom. The molecule has 1 N–H and O–H groups in total. The predicted molar refractivity (Wildman–Crippen MR) is 127 cm³/mol. The number of ether oxygens (including phenoxy) is 1. The van der Waals surface area contributed by atoms with Gasteiger partial charge in [0.25, 0.3) is 5.56 Å². The van der Waals surface area contributed by atoms with Gasteiger partial charge in [0.1, 0.15) is 10.4 Å². The molecule has 0 bridgehead atoms. The lowest BCUT2D eigenvalue weighted by Crippen LogP contribution is -2.22. The van der Waals surface area contributed by atoms with Gasteiger partial charge in [0.2, 0.25) is 5.91 Å². The molecule has 2 heterocycles. The Balaban J connectivity index is 1.68. The van der Waals surface area contributed by atoms with Crippen LogP contribution in [0.3, 0.4) is 0 Å². The number of methoxy groups -OCH3 is 1. The fourth-order valence-electron chi connectivity index (χ4n) is 3.06. The van der Waals surface area contributed by atoms with Crippen LogP contribution in [0.25, 0.3) is 15.9 Å². The number of hydrogen-bond acceptors (Lipinski definition) is 6. The van der Waals surface area contributed by atoms with E-state index >= 15 is 0 Å². The van der Waals surface area contributed by atoms with Crippen molar-refractivity contribution in [3.05, 3.63) is 74.9 Å². The Kier molecular flexibility index (Phi) is 6.31. The van der Waals surface area contributed by atoms with Gasteiger partial charge in [0.05, 0.1) is 24.1 Å². The van der Waals surface area contributed by atoms with Crippen LogP contribution in [0.15, 0.2) is 63.9 Å². The number of para-hydroxylation sites is 2. The highest BCUT2D eigenvalue weighted by Gasteiger charge is 2.18. The molecule has 31 heavy (non-hydrogen) atoms. The first-order valence-electron chi connectivity index (χ1n) is 9.30. The van der Waals surface area contributed by atoms with Gasteiger partial charge in [0.15, 0.2) is 5.16 Å². The molecule has 9 heteroatoms. The number of rotatable bonds is 6. The molecule has 0 aliphatic carbocycles. The molecule has 0 aliphatic heterocycles. The van der Waals surface area contributed by atoms with Crippen molar-refractivity contribution in [3.8, 4) is 11.4 Å². The minimum absolute atomic E-state index is 0.0726. The summed E-state index contributed by atoms with van der Waals surface area (Å²) in [5.74, 6) is 0.396. The molecule has 2 aromatic carbocycles. The van der Waals surface area contributed by atoms with Crippen LogP contribution in [0.4, 0.5) is 5.69 Å². The maximum Gasteiger partial charge on any atom is 0.276 e. The standard InChI is InChI=1S/C22H18ClN3O3S2/c1-13-7-8-14(23)11-16(13)24-19(27)12-31-22-25-15-9-10-30-20(15)21(28)26(22)17-5-3-4-6-18(17)29-2/h3-11H,12H2,1-2H3,(H,24,27). The molecule has 158 valence electrons. The number of thiophene rings is 1. The van der Waals surface area contributed by atoms with Gasteiger partial charge in [-0.2, -0.15) is 0 Å². The summed E-state index contributed by atoms with van der Waals surface area (Å²) < 4.78 is 7.50. The number of carbonyl (C=O) groups excluding carboxylic acids is 1. The maximum atomic E-state index is 13.2. The summed E-state index contributed by atoms with van der Waals surface area (Å²) in [7, 11) is 1.55. The number of aromatic nitrogens is 2. The number of anilines is 1. The Morgan fingerprint density at radius 1 is 1.26 bits per heavy atom. The van der Waals surface area contributed by atoms with Gasteiger partial charge in [-0.05, 0) is 48.2 Å². The van der Waals surface area contributed by atoms with E-state index in [-0.39, 0.29) is 17.2 Å². The molecule has 0 unspecified atom stereocenters. The van der Waals surface area contributed by atoms with Crippen LogP contribution in [0.5, 0.6) is 5.75 Å². The van der Waals surface area contributed by atoms with Crippen molar-refractivity contribution in [3.63, 3.8) is 0 Å². The summed E-state index contributed by atoms with van der Waals surface area (Å²) in [5, 5.41) is 5.66. The third-order valence-electron chi connectivity index (χ3n) is 4.58. The smallest absolute Gasteiger partial charge is 0.276 e. The second kappa shape index (κ2) is 9.13. The normalized spacial score (nSPS) is 10.9. The number of nitrogens with one attached hydrogen (secondary N) is 1. The second-order valence-corrected chi connectivity index (χ2v) is 8.93. The zero-order valence-electron chi connectivity index (χ0n) is 16.7. The number of amides is 1. The third kappa shape index (κ3) is 4.46. The summed E-state index contributed by atoms with van der Waals surface area (Å²) in [6.45, 7) is 1.89. The van der Waals surface area contributed by atoms with E-state index in [2.05, 4.69) is 10.3 Å². The lowest BCUT2D eigenvalue weighted by atomic mass is 10.2. The number of halogens is 1. The molecule has 0 fully saturated rings. The van der Waals surface area contributed by atoms with Crippen molar-refractivity contribution in [1.82, 2.24) is 9.55 Å². The number of aryl methyl sites for hydroxylation is 1. The van der Waals surface area contributed by atoms with Gasteiger partial charge in [-0.15, -0.1) is 11.3 Å². The zero-order chi connectivity index (χ0) is 22.0. The summed E-state index contributed by atoms with van der Waals surface area (Å²) >= 11 is 8.56. The van der Waals surface area contributed by atoms with Crippen LogP contribution >= 0.6 is 34.7 Å². The average molecular weight is 472 g/mol. The van der Waals surface area contributed by atoms with E-state index in [4.69, 9.17) is 16.3 Å². The van der Waals surface area contributed by atoms with E-state index < -0.39 is 0 Å². The Bertz CT molecular complexity index is 1330. The van der Waals surface area contributed by atoms with Gasteiger partial charge in [-0.3, -0.25) is 14.2 Å². The molecule has 4 aromatic rings. The topological polar surface area (TPSA) is 73.2 Å². The average Bonchev–Trinajstić information content (AvgIpc) is 3.24. The van der Waals surface area contributed by atoms with E-state index in [0.717, 1.165) is 5.56 Å². The predicted octanol–water partition coefficient (Wildman–Crippen LogP) is 5.15. The van der Waals surface area contributed by atoms with E-state index in [1.54, 1.807) is 37.4 Å². The summed E-state index contributed by atoms with van der Waals surface area (Å²) in [4.78, 5) is 30.5. The van der Waals surface area contributed by atoms with Gasteiger partial charge in [0, 0.05) is 10.7 Å². The number of nitrogens with zero attached hydrogens (tertiary/aromatic N) is 2. The van der Waals surface area contributed by atoms with E-state index in [9.17, 15) is 9.59 Å². The summed E-state index contributed by atoms with van der Waals surface area (Å²) in [6, 6.07) is 14.4. The minimum atomic E-state index is -0.221. The van der Waals surface area contributed by atoms with Crippen LogP contribution in [0.1, 0.15) is 5.56 Å². The molecule has 0 saturated carbocycles. The molecule has 0 spiro atoms. The molecule has 4 rings (SSSR count). The highest BCUT2D eigenvalue weighted by molar-refractivity contribution is 7.99. The van der Waals surface area contributed by atoms with Gasteiger partial charge >= 0.3 is 0 Å².